The van der Waals surface area contributed by atoms with Crippen molar-refractivity contribution in [3.63, 3.8) is 0 Å². The number of halogens is 2. The van der Waals surface area contributed by atoms with Crippen molar-refractivity contribution < 1.29 is 9.47 Å². The van der Waals surface area contributed by atoms with E-state index in [1.807, 2.05) is 0 Å². The van der Waals surface area contributed by atoms with Gasteiger partial charge in [-0.3, -0.25) is 0 Å². The van der Waals surface area contributed by atoms with Crippen LogP contribution in [0.25, 0.3) is 0 Å². The summed E-state index contributed by atoms with van der Waals surface area (Å²) in [7, 11) is 0. The van der Waals surface area contributed by atoms with Crippen molar-refractivity contribution in [2.75, 3.05) is 4.24 Å². The standard InChI is InChI=1S/C4H4O2.CH2Br2/c1-2-6-4-3-5-1;2-1-3/h1-4H;1H2. The maximum absolute atomic E-state index is 4.58. The molecule has 0 saturated carbocycles. The number of hydrogen-bond donors (Lipinski definition) is 0. The molecule has 0 saturated heterocycles. The fourth-order valence-electron chi connectivity index (χ4n) is 0.219. The highest BCUT2D eigenvalue weighted by Crippen LogP contribution is 1.89. The molecule has 0 N–H and O–H groups in total. The van der Waals surface area contributed by atoms with Crippen LogP contribution in [0, 0.1) is 0 Å². The molecule has 0 fully saturated rings. The molecule has 4 heteroatoms. The van der Waals surface area contributed by atoms with Crippen molar-refractivity contribution in [2.45, 2.75) is 0 Å². The summed E-state index contributed by atoms with van der Waals surface area (Å²) in [5, 5.41) is 0. The third-order valence-electron chi connectivity index (χ3n) is 0.425. The van der Waals surface area contributed by atoms with Crippen LogP contribution in [0.2, 0.25) is 0 Å². The fraction of sp³-hybridized carbons (Fsp3) is 0.200. The Morgan fingerprint density at radius 3 is 1.22 bits per heavy atom. The molecule has 1 aliphatic rings. The first-order chi connectivity index (χ1) is 4.41. The normalized spacial score (nSPS) is 12.7. The van der Waals surface area contributed by atoms with Crippen molar-refractivity contribution in [3.8, 4) is 0 Å². The van der Waals surface area contributed by atoms with E-state index in [0.29, 0.717) is 0 Å². The highest BCUT2D eigenvalue weighted by molar-refractivity contribution is 9.24. The van der Waals surface area contributed by atoms with Crippen LogP contribution in [-0.2, 0) is 9.47 Å². The zero-order chi connectivity index (χ0) is 6.95. The summed E-state index contributed by atoms with van der Waals surface area (Å²) in [6, 6.07) is 0. The van der Waals surface area contributed by atoms with E-state index in [1.54, 1.807) is 0 Å². The summed E-state index contributed by atoms with van der Waals surface area (Å²) in [6.07, 6.45) is 5.83. The Bertz CT molecular complexity index is 81.1. The quantitative estimate of drug-likeness (QED) is 0.622. The highest BCUT2D eigenvalue weighted by atomic mass is 79.9. The smallest absolute Gasteiger partial charge is 0.125 e. The second kappa shape index (κ2) is 8.04. The van der Waals surface area contributed by atoms with E-state index in [1.165, 1.54) is 25.0 Å². The Labute approximate surface area is 70.8 Å². The molecule has 0 aromatic heterocycles. The Balaban J connectivity index is 0.000000187. The van der Waals surface area contributed by atoms with E-state index < -0.39 is 0 Å². The van der Waals surface area contributed by atoms with Gasteiger partial charge in [0.05, 0.1) is 4.24 Å². The van der Waals surface area contributed by atoms with E-state index in [0.717, 1.165) is 4.24 Å². The predicted octanol–water partition coefficient (Wildman–Crippen LogP) is 2.71. The van der Waals surface area contributed by atoms with Crippen LogP contribution in [0.5, 0.6) is 0 Å². The molecule has 0 amide bonds. The number of hydrogen-bond acceptors (Lipinski definition) is 2. The molecule has 9 heavy (non-hydrogen) atoms. The molecule has 0 aromatic rings. The van der Waals surface area contributed by atoms with Crippen molar-refractivity contribution >= 4 is 31.9 Å². The van der Waals surface area contributed by atoms with Crippen LogP contribution < -0.4 is 0 Å². The van der Waals surface area contributed by atoms with Gasteiger partial charge in [-0.1, -0.05) is 31.9 Å². The van der Waals surface area contributed by atoms with Crippen LogP contribution in [-0.4, -0.2) is 4.24 Å². The van der Waals surface area contributed by atoms with Crippen molar-refractivity contribution in [3.05, 3.63) is 25.0 Å². The van der Waals surface area contributed by atoms with Gasteiger partial charge < -0.3 is 9.47 Å². The van der Waals surface area contributed by atoms with Gasteiger partial charge in [0.25, 0.3) is 0 Å². The first-order valence-electron chi connectivity index (χ1n) is 2.14. The Kier molecular flexibility index (Phi) is 8.08. The average molecular weight is 258 g/mol. The molecule has 52 valence electrons. The van der Waals surface area contributed by atoms with Crippen LogP contribution in [0.3, 0.4) is 0 Å². The van der Waals surface area contributed by atoms with Crippen LogP contribution in [0.4, 0.5) is 0 Å². The van der Waals surface area contributed by atoms with Gasteiger partial charge in [-0.05, 0) is 0 Å². The largest absolute Gasteiger partial charge is 0.466 e. The molecular formula is C5H6Br2O2. The third-order valence-corrected chi connectivity index (χ3v) is 0.425. The van der Waals surface area contributed by atoms with Crippen LogP contribution in [0.15, 0.2) is 25.0 Å². The zero-order valence-electron chi connectivity index (χ0n) is 4.59. The number of alkyl halides is 2. The van der Waals surface area contributed by atoms with Gasteiger partial charge in [-0.15, -0.1) is 0 Å². The summed E-state index contributed by atoms with van der Waals surface area (Å²) in [5.74, 6) is 0. The second-order valence-corrected chi connectivity index (χ2v) is 3.54. The van der Waals surface area contributed by atoms with Gasteiger partial charge in [-0.2, -0.15) is 0 Å². The maximum Gasteiger partial charge on any atom is 0.125 e. The lowest BCUT2D eigenvalue weighted by Gasteiger charge is -1.94. The first kappa shape index (κ1) is 9.04. The Hall–Kier alpha value is 0.0400. The average Bonchev–Trinajstić information content (AvgIpc) is 1.93. The molecule has 0 radical (unpaired) electrons. The van der Waals surface area contributed by atoms with Gasteiger partial charge in [0.2, 0.25) is 0 Å². The molecule has 1 aliphatic heterocycles. The Morgan fingerprint density at radius 1 is 0.889 bits per heavy atom. The fourth-order valence-corrected chi connectivity index (χ4v) is 0.219. The van der Waals surface area contributed by atoms with E-state index in [9.17, 15) is 0 Å². The SMILES string of the molecule is BrCBr.C1=COC=CO1. The van der Waals surface area contributed by atoms with Crippen LogP contribution >= 0.6 is 31.9 Å². The minimum Gasteiger partial charge on any atom is -0.466 e. The van der Waals surface area contributed by atoms with E-state index >= 15 is 0 Å². The second-order valence-electron chi connectivity index (χ2n) is 0.918. The van der Waals surface area contributed by atoms with E-state index in [2.05, 4.69) is 41.3 Å². The Morgan fingerprint density at radius 2 is 1.11 bits per heavy atom. The van der Waals surface area contributed by atoms with E-state index in [-0.39, 0.29) is 0 Å². The van der Waals surface area contributed by atoms with Gasteiger partial charge >= 0.3 is 0 Å². The van der Waals surface area contributed by atoms with Gasteiger partial charge in [0.1, 0.15) is 25.0 Å². The lowest BCUT2D eigenvalue weighted by atomic mass is 10.9. The van der Waals surface area contributed by atoms with Crippen molar-refractivity contribution in [1.82, 2.24) is 0 Å². The summed E-state index contributed by atoms with van der Waals surface area (Å²) < 4.78 is 10.0. The van der Waals surface area contributed by atoms with Crippen LogP contribution in [0.1, 0.15) is 0 Å². The monoisotopic (exact) mass is 256 g/mol. The molecule has 0 spiro atoms. The molecule has 0 aliphatic carbocycles. The molecule has 2 nitrogen and oxygen atoms in total. The van der Waals surface area contributed by atoms with Crippen molar-refractivity contribution in [1.29, 1.82) is 0 Å². The molecule has 1 rings (SSSR count). The lowest BCUT2D eigenvalue weighted by Crippen LogP contribution is -1.74. The highest BCUT2D eigenvalue weighted by Gasteiger charge is 1.74. The molecule has 0 aromatic carbocycles. The topological polar surface area (TPSA) is 18.5 Å². The summed E-state index contributed by atoms with van der Waals surface area (Å²) >= 11 is 6.12. The molecule has 0 atom stereocenters. The minimum absolute atomic E-state index is 0.875. The summed E-state index contributed by atoms with van der Waals surface area (Å²) in [5.41, 5.74) is 0. The number of rotatable bonds is 0. The molecular weight excluding hydrogens is 252 g/mol. The summed E-state index contributed by atoms with van der Waals surface area (Å²) in [6.45, 7) is 0. The molecule has 1 heterocycles. The van der Waals surface area contributed by atoms with Gasteiger partial charge in [0, 0.05) is 0 Å². The first-order valence-corrected chi connectivity index (χ1v) is 4.39. The number of ether oxygens (including phenoxy) is 2. The van der Waals surface area contributed by atoms with Gasteiger partial charge in [-0.25, -0.2) is 0 Å². The van der Waals surface area contributed by atoms with E-state index in [4.69, 9.17) is 0 Å². The predicted molar refractivity (Wildman–Crippen MR) is 43.2 cm³/mol. The summed E-state index contributed by atoms with van der Waals surface area (Å²) in [4.78, 5) is 0. The van der Waals surface area contributed by atoms with Crippen molar-refractivity contribution in [2.24, 2.45) is 0 Å². The molecule has 0 unspecified atom stereocenters. The lowest BCUT2D eigenvalue weighted by molar-refractivity contribution is 0.290. The third kappa shape index (κ3) is 8.04. The minimum atomic E-state index is 0.875. The zero-order valence-corrected chi connectivity index (χ0v) is 7.76. The maximum atomic E-state index is 4.58. The van der Waals surface area contributed by atoms with Gasteiger partial charge in [0.15, 0.2) is 0 Å². The molecule has 0 bridgehead atoms.